The smallest absolute Gasteiger partial charge is 0.338 e. The Balaban J connectivity index is 1.92. The topological polar surface area (TPSA) is 133 Å². The van der Waals surface area contributed by atoms with Crippen LogP contribution in [0, 0.1) is 0 Å². The number of hydrogen-bond acceptors (Lipinski definition) is 6. The van der Waals surface area contributed by atoms with Gasteiger partial charge in [-0.25, -0.2) is 4.79 Å². The summed E-state index contributed by atoms with van der Waals surface area (Å²) in [6.45, 7) is 1.73. The number of thioether (sulfide) groups is 1. The molecule has 2 aromatic carbocycles. The number of azide groups is 2. The zero-order valence-corrected chi connectivity index (χ0v) is 16.3. The summed E-state index contributed by atoms with van der Waals surface area (Å²) in [5.74, 6) is -0.593. The van der Waals surface area contributed by atoms with Crippen LogP contribution < -0.4 is 0 Å². The summed E-state index contributed by atoms with van der Waals surface area (Å²) in [6.07, 6.45) is -1.52. The number of carbonyl (C=O) groups excluding carboxylic acids is 1. The average molecular weight is 410 g/mol. The van der Waals surface area contributed by atoms with Crippen molar-refractivity contribution in [3.05, 3.63) is 87.1 Å². The molecule has 1 heterocycles. The van der Waals surface area contributed by atoms with E-state index >= 15 is 0 Å². The molecule has 0 bridgehead atoms. The minimum absolute atomic E-state index is 0.346. The first kappa shape index (κ1) is 20.6. The Morgan fingerprint density at radius 3 is 2.21 bits per heavy atom. The highest BCUT2D eigenvalue weighted by molar-refractivity contribution is 7.99. The van der Waals surface area contributed by atoms with E-state index in [2.05, 4.69) is 20.1 Å². The van der Waals surface area contributed by atoms with Gasteiger partial charge in [-0.3, -0.25) is 0 Å². The third kappa shape index (κ3) is 5.01. The lowest BCUT2D eigenvalue weighted by molar-refractivity contribution is -0.0863. The Hall–Kier alpha value is -3.16. The molecule has 0 aliphatic carbocycles. The SMILES string of the molecule is C[C@H]1O[C@@H](Sc2ccccc2)[C@H](N=[N+]=[N-])[C@@H](OC(=O)c2ccccc2)[C@H]1N=[N+]=[N-]. The highest BCUT2D eigenvalue weighted by Crippen LogP contribution is 2.37. The second-order valence-corrected chi connectivity index (χ2v) is 7.44. The first-order chi connectivity index (χ1) is 14.1. The number of rotatable bonds is 6. The van der Waals surface area contributed by atoms with Gasteiger partial charge in [-0.15, -0.1) is 0 Å². The van der Waals surface area contributed by atoms with E-state index in [0.29, 0.717) is 5.56 Å². The molecule has 1 saturated heterocycles. The van der Waals surface area contributed by atoms with Crippen molar-refractivity contribution in [1.82, 2.24) is 0 Å². The predicted octanol–water partition coefficient (Wildman–Crippen LogP) is 5.11. The summed E-state index contributed by atoms with van der Waals surface area (Å²) in [4.78, 5) is 19.3. The van der Waals surface area contributed by atoms with Gasteiger partial charge >= 0.3 is 5.97 Å². The summed E-state index contributed by atoms with van der Waals surface area (Å²) in [5.41, 5.74) is 17.8. The Labute approximate surface area is 171 Å². The lowest BCUT2D eigenvalue weighted by atomic mass is 9.97. The third-order valence-electron chi connectivity index (χ3n) is 4.40. The monoisotopic (exact) mass is 410 g/mol. The van der Waals surface area contributed by atoms with E-state index < -0.39 is 35.7 Å². The summed E-state index contributed by atoms with van der Waals surface area (Å²) in [7, 11) is 0. The second-order valence-electron chi connectivity index (χ2n) is 6.27. The third-order valence-corrected chi connectivity index (χ3v) is 5.57. The van der Waals surface area contributed by atoms with Crippen LogP contribution in [0.25, 0.3) is 20.9 Å². The van der Waals surface area contributed by atoms with E-state index in [1.165, 1.54) is 11.8 Å². The summed E-state index contributed by atoms with van der Waals surface area (Å²) >= 11 is 1.35. The van der Waals surface area contributed by atoms with Gasteiger partial charge in [0, 0.05) is 14.7 Å². The summed E-state index contributed by atoms with van der Waals surface area (Å²) in [6, 6.07) is 16.2. The summed E-state index contributed by atoms with van der Waals surface area (Å²) < 4.78 is 11.7. The molecule has 9 nitrogen and oxygen atoms in total. The Morgan fingerprint density at radius 1 is 1.00 bits per heavy atom. The molecule has 0 saturated carbocycles. The van der Waals surface area contributed by atoms with Gasteiger partial charge < -0.3 is 9.47 Å². The van der Waals surface area contributed by atoms with Crippen LogP contribution >= 0.6 is 11.8 Å². The number of carbonyl (C=O) groups is 1. The van der Waals surface area contributed by atoms with Gasteiger partial charge in [-0.1, -0.05) is 58.4 Å². The summed E-state index contributed by atoms with van der Waals surface area (Å²) in [5, 5.41) is 7.58. The Morgan fingerprint density at radius 2 is 1.59 bits per heavy atom. The molecule has 10 heteroatoms. The minimum Gasteiger partial charge on any atom is -0.458 e. The maximum atomic E-state index is 12.6. The fraction of sp³-hybridized carbons (Fsp3) is 0.316. The van der Waals surface area contributed by atoms with Crippen LogP contribution in [0.5, 0.6) is 0 Å². The average Bonchev–Trinajstić information content (AvgIpc) is 2.74. The molecule has 5 atom stereocenters. The van der Waals surface area contributed by atoms with Crippen molar-refractivity contribution >= 4 is 17.7 Å². The molecule has 0 N–H and O–H groups in total. The van der Waals surface area contributed by atoms with E-state index in [0.717, 1.165) is 4.90 Å². The molecule has 1 aliphatic rings. The standard InChI is InChI=1S/C19H18N6O3S/c1-12-15(22-24-20)17(28-18(26)13-8-4-2-5-9-13)16(23-25-21)19(27-12)29-14-10-6-3-7-11-14/h2-12,15-17,19H,1H3/t12-,15+,16-,17+,19+/m1/s1. The van der Waals surface area contributed by atoms with Crippen molar-refractivity contribution in [1.29, 1.82) is 0 Å². The molecule has 0 aromatic heterocycles. The highest BCUT2D eigenvalue weighted by Gasteiger charge is 2.46. The number of nitrogens with zero attached hydrogens (tertiary/aromatic N) is 6. The Bertz CT molecular complexity index is 931. The lowest BCUT2D eigenvalue weighted by Crippen LogP contribution is -2.55. The van der Waals surface area contributed by atoms with Crippen LogP contribution in [0.1, 0.15) is 17.3 Å². The molecule has 0 unspecified atom stereocenters. The number of ether oxygens (including phenoxy) is 2. The zero-order valence-electron chi connectivity index (χ0n) is 15.5. The normalized spacial score (nSPS) is 25.9. The van der Waals surface area contributed by atoms with E-state index in [1.807, 2.05) is 30.3 Å². The molecule has 3 rings (SSSR count). The molecule has 29 heavy (non-hydrogen) atoms. The van der Waals surface area contributed by atoms with Gasteiger partial charge in [0.1, 0.15) is 23.6 Å². The van der Waals surface area contributed by atoms with Crippen LogP contribution in [-0.4, -0.2) is 35.7 Å². The van der Waals surface area contributed by atoms with Crippen molar-refractivity contribution in [3.8, 4) is 0 Å². The van der Waals surface area contributed by atoms with Crippen LogP contribution in [0.2, 0.25) is 0 Å². The zero-order chi connectivity index (χ0) is 20.6. The van der Waals surface area contributed by atoms with Crippen LogP contribution in [0.15, 0.2) is 75.8 Å². The van der Waals surface area contributed by atoms with Crippen molar-refractivity contribution in [2.24, 2.45) is 10.2 Å². The first-order valence-corrected chi connectivity index (χ1v) is 9.73. The van der Waals surface area contributed by atoms with Gasteiger partial charge in [-0.05, 0) is 42.3 Å². The quantitative estimate of drug-likeness (QED) is 0.283. The predicted molar refractivity (Wildman–Crippen MR) is 108 cm³/mol. The number of benzene rings is 2. The second kappa shape index (κ2) is 9.86. The van der Waals surface area contributed by atoms with Gasteiger partial charge in [-0.2, -0.15) is 0 Å². The highest BCUT2D eigenvalue weighted by atomic mass is 32.2. The van der Waals surface area contributed by atoms with Crippen LogP contribution in [0.4, 0.5) is 0 Å². The van der Waals surface area contributed by atoms with Crippen LogP contribution in [0.3, 0.4) is 0 Å². The molecule has 148 valence electrons. The number of hydrogen-bond donors (Lipinski definition) is 0. The largest absolute Gasteiger partial charge is 0.458 e. The Kier molecular flexibility index (Phi) is 6.99. The van der Waals surface area contributed by atoms with Crippen molar-refractivity contribution < 1.29 is 14.3 Å². The fourth-order valence-corrected chi connectivity index (χ4v) is 4.19. The van der Waals surface area contributed by atoms with E-state index in [-0.39, 0.29) is 0 Å². The molecule has 0 spiro atoms. The van der Waals surface area contributed by atoms with Gasteiger partial charge in [0.05, 0.1) is 11.7 Å². The maximum absolute atomic E-state index is 12.6. The van der Waals surface area contributed by atoms with E-state index in [1.54, 1.807) is 37.3 Å². The van der Waals surface area contributed by atoms with E-state index in [9.17, 15) is 4.79 Å². The van der Waals surface area contributed by atoms with Crippen molar-refractivity contribution in [2.75, 3.05) is 0 Å². The molecular formula is C19H18N6O3S. The van der Waals surface area contributed by atoms with Crippen LogP contribution in [-0.2, 0) is 9.47 Å². The maximum Gasteiger partial charge on any atom is 0.338 e. The minimum atomic E-state index is -0.973. The molecule has 1 aliphatic heterocycles. The van der Waals surface area contributed by atoms with E-state index in [4.69, 9.17) is 20.5 Å². The van der Waals surface area contributed by atoms with Crippen molar-refractivity contribution in [3.63, 3.8) is 0 Å². The first-order valence-electron chi connectivity index (χ1n) is 8.85. The van der Waals surface area contributed by atoms with Crippen molar-refractivity contribution in [2.45, 2.75) is 41.5 Å². The molecule has 0 radical (unpaired) electrons. The van der Waals surface area contributed by atoms with Gasteiger partial charge in [0.15, 0.2) is 0 Å². The fourth-order valence-electron chi connectivity index (χ4n) is 3.03. The molecule has 0 amide bonds. The molecule has 2 aromatic rings. The number of esters is 1. The van der Waals surface area contributed by atoms with Gasteiger partial charge in [0.25, 0.3) is 0 Å². The lowest BCUT2D eigenvalue weighted by Gasteiger charge is -2.41. The van der Waals surface area contributed by atoms with Gasteiger partial charge in [0.2, 0.25) is 0 Å². The molecule has 1 fully saturated rings. The molecular weight excluding hydrogens is 392 g/mol.